The predicted molar refractivity (Wildman–Crippen MR) is 97.5 cm³/mol. The Morgan fingerprint density at radius 3 is 2.35 bits per heavy atom. The molecule has 2 aromatic rings. The van der Waals surface area contributed by atoms with Crippen LogP contribution in [0.2, 0.25) is 0 Å². The van der Waals surface area contributed by atoms with Gasteiger partial charge >= 0.3 is 0 Å². The first-order chi connectivity index (χ1) is 12.5. The number of hydrogen-bond donors (Lipinski definition) is 3. The van der Waals surface area contributed by atoms with Crippen molar-refractivity contribution >= 4 is 11.8 Å². The molecule has 0 aliphatic carbocycles. The Kier molecular flexibility index (Phi) is 5.70. The Morgan fingerprint density at radius 1 is 1.08 bits per heavy atom. The molecule has 1 aliphatic rings. The van der Waals surface area contributed by atoms with Gasteiger partial charge in [-0.15, -0.1) is 0 Å². The van der Waals surface area contributed by atoms with Crippen molar-refractivity contribution in [2.45, 2.75) is 32.6 Å². The van der Waals surface area contributed by atoms with E-state index in [0.29, 0.717) is 11.3 Å². The lowest BCUT2D eigenvalue weighted by Gasteiger charge is -2.35. The smallest absolute Gasteiger partial charge is 0.286 e. The second kappa shape index (κ2) is 8.16. The van der Waals surface area contributed by atoms with E-state index >= 15 is 0 Å². The fraction of sp³-hybridized carbons (Fsp3) is 0.368. The van der Waals surface area contributed by atoms with Gasteiger partial charge in [-0.25, -0.2) is 0 Å². The predicted octanol–water partition coefficient (Wildman–Crippen LogP) is 1.70. The van der Waals surface area contributed by atoms with Crippen molar-refractivity contribution in [2.75, 3.05) is 13.1 Å². The number of ether oxygens (including phenoxy) is 1. The van der Waals surface area contributed by atoms with Crippen LogP contribution in [-0.4, -0.2) is 47.0 Å². The number of carbonyl (C=O) groups is 2. The Labute approximate surface area is 152 Å². The van der Waals surface area contributed by atoms with Crippen LogP contribution >= 0.6 is 0 Å². The average Bonchev–Trinajstić information content (AvgIpc) is 3.14. The zero-order valence-electron chi connectivity index (χ0n) is 15.0. The zero-order chi connectivity index (χ0) is 18.5. The SMILES string of the molecule is CC1CN(Cc2ccc(C(=O)NNC(=O)c3ccc[nH]3)cc2)CC(C)O1. The van der Waals surface area contributed by atoms with E-state index in [4.69, 9.17) is 4.74 Å². The van der Waals surface area contributed by atoms with Crippen molar-refractivity contribution in [3.8, 4) is 0 Å². The maximum atomic E-state index is 12.1. The van der Waals surface area contributed by atoms with Gasteiger partial charge < -0.3 is 9.72 Å². The maximum absolute atomic E-state index is 12.1. The highest BCUT2D eigenvalue weighted by Crippen LogP contribution is 2.14. The minimum absolute atomic E-state index is 0.229. The lowest BCUT2D eigenvalue weighted by molar-refractivity contribution is -0.0704. The average molecular weight is 356 g/mol. The van der Waals surface area contributed by atoms with Crippen molar-refractivity contribution in [1.29, 1.82) is 0 Å². The summed E-state index contributed by atoms with van der Waals surface area (Å²) in [6.45, 7) is 6.79. The van der Waals surface area contributed by atoms with Crippen LogP contribution < -0.4 is 10.9 Å². The third-order valence-corrected chi connectivity index (χ3v) is 4.25. The van der Waals surface area contributed by atoms with E-state index < -0.39 is 5.91 Å². The largest absolute Gasteiger partial charge is 0.373 e. The Balaban J connectivity index is 1.52. The monoisotopic (exact) mass is 356 g/mol. The molecule has 2 heterocycles. The van der Waals surface area contributed by atoms with Crippen LogP contribution in [-0.2, 0) is 11.3 Å². The van der Waals surface area contributed by atoms with Gasteiger partial charge in [0.15, 0.2) is 0 Å². The molecule has 1 fully saturated rings. The molecule has 26 heavy (non-hydrogen) atoms. The molecule has 1 aliphatic heterocycles. The molecule has 3 rings (SSSR count). The van der Waals surface area contributed by atoms with Gasteiger partial charge in [-0.05, 0) is 43.7 Å². The highest BCUT2D eigenvalue weighted by Gasteiger charge is 2.22. The third kappa shape index (κ3) is 4.71. The summed E-state index contributed by atoms with van der Waals surface area (Å²) in [6, 6.07) is 10.7. The van der Waals surface area contributed by atoms with Gasteiger partial charge in [-0.2, -0.15) is 0 Å². The molecule has 0 bridgehead atoms. The molecular formula is C19H24N4O3. The zero-order valence-corrected chi connectivity index (χ0v) is 15.0. The first-order valence-electron chi connectivity index (χ1n) is 8.72. The number of rotatable bonds is 4. The Morgan fingerprint density at radius 2 is 1.73 bits per heavy atom. The van der Waals surface area contributed by atoms with E-state index in [2.05, 4.69) is 34.6 Å². The summed E-state index contributed by atoms with van der Waals surface area (Å²) in [7, 11) is 0. The third-order valence-electron chi connectivity index (χ3n) is 4.25. The maximum Gasteiger partial charge on any atom is 0.286 e. The number of carbonyl (C=O) groups excluding carboxylic acids is 2. The molecule has 7 nitrogen and oxygen atoms in total. The fourth-order valence-corrected chi connectivity index (χ4v) is 3.16. The molecule has 0 spiro atoms. The molecule has 138 valence electrons. The van der Waals surface area contributed by atoms with Crippen molar-refractivity contribution in [3.05, 3.63) is 59.4 Å². The topological polar surface area (TPSA) is 86.5 Å². The van der Waals surface area contributed by atoms with E-state index in [1.165, 1.54) is 0 Å². The highest BCUT2D eigenvalue weighted by molar-refractivity contribution is 5.98. The van der Waals surface area contributed by atoms with Gasteiger partial charge in [-0.3, -0.25) is 25.3 Å². The molecule has 2 amide bonds. The van der Waals surface area contributed by atoms with Gasteiger partial charge in [0.05, 0.1) is 12.2 Å². The number of nitrogens with zero attached hydrogens (tertiary/aromatic N) is 1. The summed E-state index contributed by atoms with van der Waals surface area (Å²) < 4.78 is 5.75. The van der Waals surface area contributed by atoms with E-state index in [1.54, 1.807) is 30.5 Å². The van der Waals surface area contributed by atoms with E-state index in [9.17, 15) is 9.59 Å². The van der Waals surface area contributed by atoms with Crippen LogP contribution in [0.1, 0.15) is 40.3 Å². The van der Waals surface area contributed by atoms with Crippen LogP contribution in [0.3, 0.4) is 0 Å². The molecule has 1 aromatic carbocycles. The molecule has 0 saturated carbocycles. The molecule has 1 saturated heterocycles. The summed E-state index contributed by atoms with van der Waals surface area (Å²) in [6.07, 6.45) is 2.10. The Hall–Kier alpha value is -2.64. The number of amides is 2. The molecule has 2 atom stereocenters. The van der Waals surface area contributed by atoms with E-state index in [-0.39, 0.29) is 18.1 Å². The summed E-state index contributed by atoms with van der Waals surface area (Å²) >= 11 is 0. The van der Waals surface area contributed by atoms with Gasteiger partial charge in [0, 0.05) is 31.4 Å². The summed E-state index contributed by atoms with van der Waals surface area (Å²) in [4.78, 5) is 29.1. The Bertz CT molecular complexity index is 733. The van der Waals surface area contributed by atoms with Gasteiger partial charge in [0.2, 0.25) is 0 Å². The molecule has 1 aromatic heterocycles. The van der Waals surface area contributed by atoms with Crippen molar-refractivity contribution in [1.82, 2.24) is 20.7 Å². The quantitative estimate of drug-likeness (QED) is 0.728. The van der Waals surface area contributed by atoms with Crippen LogP contribution in [0, 0.1) is 0 Å². The number of hydrazine groups is 1. The number of nitrogens with one attached hydrogen (secondary N) is 3. The second-order valence-corrected chi connectivity index (χ2v) is 6.64. The number of hydrogen-bond acceptors (Lipinski definition) is 4. The second-order valence-electron chi connectivity index (χ2n) is 6.64. The van der Waals surface area contributed by atoms with E-state index in [0.717, 1.165) is 25.2 Å². The summed E-state index contributed by atoms with van der Waals surface area (Å²) in [5.74, 6) is -0.749. The summed E-state index contributed by atoms with van der Waals surface area (Å²) in [5, 5.41) is 0. The van der Waals surface area contributed by atoms with Crippen LogP contribution in [0.25, 0.3) is 0 Å². The van der Waals surface area contributed by atoms with Crippen LogP contribution in [0.4, 0.5) is 0 Å². The van der Waals surface area contributed by atoms with Gasteiger partial charge in [-0.1, -0.05) is 12.1 Å². The van der Waals surface area contributed by atoms with Gasteiger partial charge in [0.25, 0.3) is 11.8 Å². The minimum Gasteiger partial charge on any atom is -0.373 e. The number of morpholine rings is 1. The van der Waals surface area contributed by atoms with Crippen LogP contribution in [0.15, 0.2) is 42.6 Å². The molecule has 7 heteroatoms. The number of aromatic nitrogens is 1. The van der Waals surface area contributed by atoms with Gasteiger partial charge in [0.1, 0.15) is 5.69 Å². The molecule has 3 N–H and O–H groups in total. The highest BCUT2D eigenvalue weighted by atomic mass is 16.5. The molecule has 2 unspecified atom stereocenters. The van der Waals surface area contributed by atoms with Crippen molar-refractivity contribution in [2.24, 2.45) is 0 Å². The van der Waals surface area contributed by atoms with Crippen molar-refractivity contribution in [3.63, 3.8) is 0 Å². The normalized spacial score (nSPS) is 20.5. The van der Waals surface area contributed by atoms with Crippen molar-refractivity contribution < 1.29 is 14.3 Å². The minimum atomic E-state index is -0.393. The first kappa shape index (κ1) is 18.2. The standard InChI is InChI=1S/C19H24N4O3/c1-13-10-23(11-14(2)26-13)12-15-5-7-16(8-6-15)18(24)21-22-19(25)17-4-3-9-20-17/h3-9,13-14,20H,10-12H2,1-2H3,(H,21,24)(H,22,25). The molecule has 0 radical (unpaired) electrons. The lowest BCUT2D eigenvalue weighted by Crippen LogP contribution is -2.44. The number of benzene rings is 1. The summed E-state index contributed by atoms with van der Waals surface area (Å²) in [5.41, 5.74) is 6.81. The van der Waals surface area contributed by atoms with E-state index in [1.807, 2.05) is 12.1 Å². The number of aromatic amines is 1. The number of H-pyrrole nitrogens is 1. The first-order valence-corrected chi connectivity index (χ1v) is 8.72. The molecular weight excluding hydrogens is 332 g/mol. The lowest BCUT2D eigenvalue weighted by atomic mass is 10.1. The van der Waals surface area contributed by atoms with Crippen LogP contribution in [0.5, 0.6) is 0 Å². The fourth-order valence-electron chi connectivity index (χ4n) is 3.16.